The number of hydrogen-bond acceptors (Lipinski definition) is 6. The van der Waals surface area contributed by atoms with E-state index in [0.717, 1.165) is 11.1 Å². The summed E-state index contributed by atoms with van der Waals surface area (Å²) in [6.45, 7) is 1.92. The molecule has 1 amide bonds. The van der Waals surface area contributed by atoms with E-state index in [2.05, 4.69) is 15.0 Å². The van der Waals surface area contributed by atoms with Crippen molar-refractivity contribution < 1.29 is 13.2 Å². The van der Waals surface area contributed by atoms with Crippen LogP contribution in [0.1, 0.15) is 25.3 Å². The van der Waals surface area contributed by atoms with E-state index in [1.807, 2.05) is 13.0 Å². The van der Waals surface area contributed by atoms with Crippen molar-refractivity contribution in [3.05, 3.63) is 48.0 Å². The summed E-state index contributed by atoms with van der Waals surface area (Å²) in [4.78, 5) is 16.0. The van der Waals surface area contributed by atoms with Gasteiger partial charge < -0.3 is 5.32 Å². The molecule has 0 aliphatic heterocycles. The highest BCUT2D eigenvalue weighted by Crippen LogP contribution is 2.29. The lowest BCUT2D eigenvalue weighted by atomic mass is 10.2. The molecule has 1 heterocycles. The summed E-state index contributed by atoms with van der Waals surface area (Å²) in [6, 6.07) is 12.7. The molecule has 0 aliphatic rings. The molecule has 1 aromatic heterocycles. The molecule has 2 aromatic carbocycles. The summed E-state index contributed by atoms with van der Waals surface area (Å²) in [7, 11) is -3.83. The van der Waals surface area contributed by atoms with Crippen molar-refractivity contribution in [2.24, 2.45) is 0 Å². The van der Waals surface area contributed by atoms with Gasteiger partial charge in [0.15, 0.2) is 5.13 Å². The highest BCUT2D eigenvalue weighted by atomic mass is 32.2. The van der Waals surface area contributed by atoms with Crippen LogP contribution in [0.2, 0.25) is 0 Å². The zero-order valence-corrected chi connectivity index (χ0v) is 16.0. The van der Waals surface area contributed by atoms with Crippen molar-refractivity contribution in [1.82, 2.24) is 4.98 Å². The summed E-state index contributed by atoms with van der Waals surface area (Å²) < 4.78 is 28.4. The van der Waals surface area contributed by atoms with Gasteiger partial charge in [-0.3, -0.25) is 9.52 Å². The minimum atomic E-state index is -3.83. The van der Waals surface area contributed by atoms with Gasteiger partial charge in [0.05, 0.1) is 32.4 Å². The average Bonchev–Trinajstić information content (AvgIpc) is 3.03. The highest BCUT2D eigenvalue weighted by molar-refractivity contribution is 7.92. The van der Waals surface area contributed by atoms with Crippen LogP contribution in [0.3, 0.4) is 0 Å². The van der Waals surface area contributed by atoms with Crippen molar-refractivity contribution in [3.8, 4) is 6.07 Å². The number of thiazole rings is 1. The number of amides is 1. The maximum absolute atomic E-state index is 12.5. The lowest BCUT2D eigenvalue weighted by Crippen LogP contribution is -2.13. The maximum atomic E-state index is 12.5. The first-order valence-corrected chi connectivity index (χ1v) is 10.4. The van der Waals surface area contributed by atoms with Gasteiger partial charge in [-0.05, 0) is 42.8 Å². The van der Waals surface area contributed by atoms with Crippen molar-refractivity contribution in [2.45, 2.75) is 24.7 Å². The number of rotatable bonds is 6. The fourth-order valence-electron chi connectivity index (χ4n) is 2.40. The summed E-state index contributed by atoms with van der Waals surface area (Å²) >= 11 is 1.32. The molecule has 0 saturated heterocycles. The van der Waals surface area contributed by atoms with Crippen LogP contribution in [0.5, 0.6) is 0 Å². The number of carbonyl (C=O) groups excluding carboxylic acids is 1. The van der Waals surface area contributed by atoms with Crippen LogP contribution in [0.4, 0.5) is 10.8 Å². The molecule has 0 bridgehead atoms. The van der Waals surface area contributed by atoms with E-state index in [9.17, 15) is 13.2 Å². The van der Waals surface area contributed by atoms with Gasteiger partial charge >= 0.3 is 0 Å². The Morgan fingerprint density at radius 3 is 2.81 bits per heavy atom. The molecular formula is C18H16N4O3S2. The van der Waals surface area contributed by atoms with E-state index in [1.54, 1.807) is 18.2 Å². The molecule has 2 N–H and O–H groups in total. The Hall–Kier alpha value is -2.96. The van der Waals surface area contributed by atoms with Gasteiger partial charge in [-0.2, -0.15) is 5.26 Å². The van der Waals surface area contributed by atoms with E-state index in [4.69, 9.17) is 5.26 Å². The van der Waals surface area contributed by atoms with Gasteiger partial charge in [-0.15, -0.1) is 0 Å². The first-order chi connectivity index (χ1) is 12.9. The van der Waals surface area contributed by atoms with Crippen LogP contribution in [-0.4, -0.2) is 19.3 Å². The quantitative estimate of drug-likeness (QED) is 0.655. The second kappa shape index (κ2) is 7.73. The van der Waals surface area contributed by atoms with Crippen molar-refractivity contribution in [2.75, 3.05) is 10.0 Å². The molecule has 7 nitrogen and oxygen atoms in total. The fraction of sp³-hybridized carbons (Fsp3) is 0.167. The Balaban J connectivity index is 1.84. The highest BCUT2D eigenvalue weighted by Gasteiger charge is 2.16. The van der Waals surface area contributed by atoms with E-state index < -0.39 is 10.0 Å². The third kappa shape index (κ3) is 4.42. The Kier molecular flexibility index (Phi) is 5.39. The summed E-state index contributed by atoms with van der Waals surface area (Å²) in [5.41, 5.74) is 1.19. The number of nitriles is 1. The first kappa shape index (κ1) is 18.8. The number of carbonyl (C=O) groups is 1. The normalized spacial score (nSPS) is 11.1. The van der Waals surface area contributed by atoms with Crippen molar-refractivity contribution in [1.29, 1.82) is 5.26 Å². The Morgan fingerprint density at radius 1 is 1.26 bits per heavy atom. The fourth-order valence-corrected chi connectivity index (χ4v) is 4.36. The number of fused-ring (bicyclic) bond motifs is 1. The molecule has 0 aliphatic carbocycles. The van der Waals surface area contributed by atoms with Gasteiger partial charge in [-0.1, -0.05) is 24.3 Å². The van der Waals surface area contributed by atoms with Crippen LogP contribution in [0, 0.1) is 11.3 Å². The second-order valence-electron chi connectivity index (χ2n) is 5.74. The number of anilines is 2. The van der Waals surface area contributed by atoms with Crippen LogP contribution in [0.15, 0.2) is 47.4 Å². The standard InChI is InChI=1S/C18H16N4O3S2/c1-2-4-17(23)21-18-20-15-10-13(7-8-16(15)26-18)22-27(24,25)14-6-3-5-12(9-14)11-19/h3,5-10,22H,2,4H2,1H3,(H,20,21,23). The minimum absolute atomic E-state index is 0.00689. The second-order valence-corrected chi connectivity index (χ2v) is 8.46. The molecule has 0 fully saturated rings. The van der Waals surface area contributed by atoms with Crippen LogP contribution in [0.25, 0.3) is 10.2 Å². The predicted octanol–water partition coefficient (Wildman–Crippen LogP) is 3.71. The molecule has 0 spiro atoms. The number of aromatic nitrogens is 1. The molecule has 27 heavy (non-hydrogen) atoms. The number of nitrogens with zero attached hydrogens (tertiary/aromatic N) is 2. The summed E-state index contributed by atoms with van der Waals surface area (Å²) in [6.07, 6.45) is 1.17. The largest absolute Gasteiger partial charge is 0.302 e. The summed E-state index contributed by atoms with van der Waals surface area (Å²) in [5.74, 6) is -0.102. The van der Waals surface area contributed by atoms with Crippen LogP contribution >= 0.6 is 11.3 Å². The lowest BCUT2D eigenvalue weighted by Gasteiger charge is -2.08. The smallest absolute Gasteiger partial charge is 0.261 e. The average molecular weight is 400 g/mol. The molecule has 0 unspecified atom stereocenters. The van der Waals surface area contributed by atoms with Gasteiger partial charge in [0.25, 0.3) is 10.0 Å². The Labute approximate surface area is 160 Å². The van der Waals surface area contributed by atoms with Crippen LogP contribution < -0.4 is 10.0 Å². The molecule has 3 rings (SSSR count). The molecule has 0 radical (unpaired) electrons. The number of nitrogens with one attached hydrogen (secondary N) is 2. The third-order valence-corrected chi connectivity index (χ3v) is 5.97. The monoisotopic (exact) mass is 400 g/mol. The van der Waals surface area contributed by atoms with Crippen molar-refractivity contribution >= 4 is 48.3 Å². The summed E-state index contributed by atoms with van der Waals surface area (Å²) in [5, 5.41) is 12.1. The van der Waals surface area contributed by atoms with Gasteiger partial charge in [-0.25, -0.2) is 13.4 Å². The van der Waals surface area contributed by atoms with E-state index >= 15 is 0 Å². The molecule has 138 valence electrons. The Bertz CT molecular complexity index is 1150. The van der Waals surface area contributed by atoms with Gasteiger partial charge in [0.1, 0.15) is 0 Å². The number of benzene rings is 2. The maximum Gasteiger partial charge on any atom is 0.261 e. The van der Waals surface area contributed by atoms with Crippen LogP contribution in [-0.2, 0) is 14.8 Å². The molecule has 0 atom stereocenters. The Morgan fingerprint density at radius 2 is 2.07 bits per heavy atom. The number of hydrogen-bond donors (Lipinski definition) is 2. The third-order valence-electron chi connectivity index (χ3n) is 3.64. The first-order valence-electron chi connectivity index (χ1n) is 8.14. The number of sulfonamides is 1. The molecular weight excluding hydrogens is 384 g/mol. The topological polar surface area (TPSA) is 112 Å². The molecule has 0 saturated carbocycles. The van der Waals surface area contributed by atoms with E-state index in [0.29, 0.717) is 22.8 Å². The molecule has 3 aromatic rings. The SMILES string of the molecule is CCCC(=O)Nc1nc2cc(NS(=O)(=O)c3cccc(C#N)c3)ccc2s1. The van der Waals surface area contributed by atoms with E-state index in [-0.39, 0.29) is 16.4 Å². The minimum Gasteiger partial charge on any atom is -0.302 e. The van der Waals surface area contributed by atoms with Crippen molar-refractivity contribution in [3.63, 3.8) is 0 Å². The van der Waals surface area contributed by atoms with Gasteiger partial charge in [0.2, 0.25) is 5.91 Å². The van der Waals surface area contributed by atoms with Gasteiger partial charge in [0, 0.05) is 6.42 Å². The molecule has 9 heteroatoms. The van der Waals surface area contributed by atoms with E-state index in [1.165, 1.54) is 35.6 Å². The zero-order valence-electron chi connectivity index (χ0n) is 14.4. The lowest BCUT2D eigenvalue weighted by molar-refractivity contribution is -0.116. The zero-order chi connectivity index (χ0) is 19.4. The predicted molar refractivity (Wildman–Crippen MR) is 105 cm³/mol.